The Kier molecular flexibility index (Phi) is 5.10. The lowest BCUT2D eigenvalue weighted by atomic mass is 10.0. The van der Waals surface area contributed by atoms with Crippen LogP contribution in [0.5, 0.6) is 0 Å². The average Bonchev–Trinajstić information content (AvgIpc) is 3.17. The molecule has 2 fully saturated rings. The van der Waals surface area contributed by atoms with Crippen LogP contribution in [0.15, 0.2) is 36.0 Å². The summed E-state index contributed by atoms with van der Waals surface area (Å²) in [6.45, 7) is 8.96. The second-order valence-corrected chi connectivity index (χ2v) is 9.93. The molecule has 0 N–H and O–H groups in total. The Labute approximate surface area is 158 Å². The largest absolute Gasteiger partial charge is 0.352 e. The summed E-state index contributed by atoms with van der Waals surface area (Å²) >= 11 is 3.44. The fourth-order valence-corrected chi connectivity index (χ4v) is 5.32. The van der Waals surface area contributed by atoms with Gasteiger partial charge in [0, 0.05) is 37.2 Å². The number of piperidine rings is 1. The number of hydrogen-bond acceptors (Lipinski definition) is 4. The number of hydrogen-bond donors (Lipinski definition) is 0. The highest BCUT2D eigenvalue weighted by Crippen LogP contribution is 2.58. The Morgan fingerprint density at radius 3 is 2.88 bits per heavy atom. The molecule has 5 nitrogen and oxygen atoms in total. The zero-order valence-electron chi connectivity index (χ0n) is 14.5. The lowest BCUT2D eigenvalue weighted by Gasteiger charge is -2.22. The van der Waals surface area contributed by atoms with Gasteiger partial charge in [0.05, 0.1) is 5.75 Å². The number of rotatable bonds is 8. The van der Waals surface area contributed by atoms with Crippen molar-refractivity contribution in [2.45, 2.75) is 25.3 Å². The molecule has 1 saturated carbocycles. The second-order valence-electron chi connectivity index (χ2n) is 6.93. The predicted octanol–water partition coefficient (Wildman–Crippen LogP) is 3.29. The van der Waals surface area contributed by atoms with Gasteiger partial charge >= 0.3 is 0 Å². The van der Waals surface area contributed by atoms with E-state index in [1.54, 1.807) is 13.1 Å². The SMILES string of the molecule is C=CCCS(=O)(=O)N(C)C[C@]12CCN(c3nc(Br)ccc3C=C)[C@@H]1C2. The van der Waals surface area contributed by atoms with Gasteiger partial charge in [0.2, 0.25) is 10.0 Å². The molecule has 0 unspecified atom stereocenters. The van der Waals surface area contributed by atoms with Crippen molar-refractivity contribution in [3.05, 3.63) is 41.5 Å². The lowest BCUT2D eigenvalue weighted by molar-refractivity contribution is 0.365. The summed E-state index contributed by atoms with van der Waals surface area (Å²) in [4.78, 5) is 6.94. The number of anilines is 1. The van der Waals surface area contributed by atoms with Crippen molar-refractivity contribution in [3.8, 4) is 0 Å². The van der Waals surface area contributed by atoms with E-state index in [4.69, 9.17) is 0 Å². The maximum absolute atomic E-state index is 12.4. The number of halogens is 1. The molecule has 0 spiro atoms. The summed E-state index contributed by atoms with van der Waals surface area (Å²) in [6.07, 6.45) is 5.96. The maximum atomic E-state index is 12.4. The first kappa shape index (κ1) is 18.6. The van der Waals surface area contributed by atoms with Gasteiger partial charge in [-0.3, -0.25) is 0 Å². The fourth-order valence-electron chi connectivity index (χ4n) is 3.79. The molecule has 1 aromatic rings. The molecular weight excluding hydrogens is 402 g/mol. The van der Waals surface area contributed by atoms with E-state index >= 15 is 0 Å². The molecule has 0 amide bonds. The molecule has 7 heteroatoms. The van der Waals surface area contributed by atoms with E-state index in [1.807, 2.05) is 18.2 Å². The molecule has 0 bridgehead atoms. The first-order valence-electron chi connectivity index (χ1n) is 8.43. The van der Waals surface area contributed by atoms with Crippen LogP contribution in [-0.4, -0.2) is 49.6 Å². The summed E-state index contributed by atoms with van der Waals surface area (Å²) in [6, 6.07) is 4.27. The van der Waals surface area contributed by atoms with Gasteiger partial charge in [-0.2, -0.15) is 0 Å². The molecule has 3 rings (SSSR count). The molecule has 1 aliphatic carbocycles. The van der Waals surface area contributed by atoms with Crippen LogP contribution >= 0.6 is 15.9 Å². The Morgan fingerprint density at radius 1 is 1.48 bits per heavy atom. The van der Waals surface area contributed by atoms with Crippen molar-refractivity contribution in [2.75, 3.05) is 30.8 Å². The molecule has 2 atom stereocenters. The van der Waals surface area contributed by atoms with Crippen LogP contribution in [0, 0.1) is 5.41 Å². The third-order valence-corrected chi connectivity index (χ3v) is 7.60. The predicted molar refractivity (Wildman–Crippen MR) is 106 cm³/mol. The minimum atomic E-state index is -3.22. The molecule has 1 saturated heterocycles. The molecule has 2 heterocycles. The highest BCUT2D eigenvalue weighted by Gasteiger charge is 2.62. The van der Waals surface area contributed by atoms with Gasteiger partial charge in [0.1, 0.15) is 10.4 Å². The van der Waals surface area contributed by atoms with Crippen LogP contribution in [0.25, 0.3) is 6.08 Å². The molecule has 1 aromatic heterocycles. The molecule has 0 aromatic carbocycles. The second kappa shape index (κ2) is 6.85. The number of pyridine rings is 1. The Hall–Kier alpha value is -1.18. The summed E-state index contributed by atoms with van der Waals surface area (Å²) < 4.78 is 27.1. The van der Waals surface area contributed by atoms with Gasteiger partial charge in [-0.05, 0) is 47.3 Å². The van der Waals surface area contributed by atoms with Crippen molar-refractivity contribution in [1.82, 2.24) is 9.29 Å². The first-order chi connectivity index (χ1) is 11.8. The van der Waals surface area contributed by atoms with Crippen molar-refractivity contribution in [3.63, 3.8) is 0 Å². The topological polar surface area (TPSA) is 53.5 Å². The van der Waals surface area contributed by atoms with E-state index in [2.05, 4.69) is 39.0 Å². The van der Waals surface area contributed by atoms with Gasteiger partial charge in [0.25, 0.3) is 0 Å². The molecule has 136 valence electrons. The smallest absolute Gasteiger partial charge is 0.214 e. The first-order valence-corrected chi connectivity index (χ1v) is 10.8. The van der Waals surface area contributed by atoms with E-state index in [9.17, 15) is 8.42 Å². The van der Waals surface area contributed by atoms with E-state index in [-0.39, 0.29) is 11.2 Å². The number of nitrogens with zero attached hydrogens (tertiary/aromatic N) is 3. The average molecular weight is 426 g/mol. The third kappa shape index (κ3) is 3.55. The van der Waals surface area contributed by atoms with Gasteiger partial charge in [-0.15, -0.1) is 6.58 Å². The molecular formula is C18H24BrN3O2S. The van der Waals surface area contributed by atoms with Gasteiger partial charge in [-0.1, -0.05) is 18.7 Å². The summed E-state index contributed by atoms with van der Waals surface area (Å²) in [5, 5.41) is 0. The summed E-state index contributed by atoms with van der Waals surface area (Å²) in [5.41, 5.74) is 1.07. The van der Waals surface area contributed by atoms with Gasteiger partial charge in [-0.25, -0.2) is 17.7 Å². The Morgan fingerprint density at radius 2 is 2.24 bits per heavy atom. The van der Waals surface area contributed by atoms with Crippen molar-refractivity contribution < 1.29 is 8.42 Å². The Bertz CT molecular complexity index is 796. The van der Waals surface area contributed by atoms with Crippen molar-refractivity contribution >= 4 is 37.8 Å². The third-order valence-electron chi connectivity index (χ3n) is 5.33. The fraction of sp³-hybridized carbons (Fsp3) is 0.500. The number of sulfonamides is 1. The van der Waals surface area contributed by atoms with Gasteiger partial charge in [0.15, 0.2) is 0 Å². The Balaban J connectivity index is 1.74. The standard InChI is InChI=1S/C18H24BrN3O2S/c1-4-6-11-25(23,24)21(3)13-18-9-10-22(15(18)12-18)17-14(5-2)7-8-16(19)20-17/h4-5,7-8,15H,1-2,6,9-13H2,3H3/t15-,18-/m1/s1. The van der Waals surface area contributed by atoms with Crippen LogP contribution in [0.2, 0.25) is 0 Å². The zero-order valence-corrected chi connectivity index (χ0v) is 16.9. The summed E-state index contributed by atoms with van der Waals surface area (Å²) in [5.74, 6) is 1.07. The van der Waals surface area contributed by atoms with Crippen LogP contribution in [0.3, 0.4) is 0 Å². The number of aromatic nitrogens is 1. The normalized spacial score (nSPS) is 25.1. The highest BCUT2D eigenvalue weighted by atomic mass is 79.9. The monoisotopic (exact) mass is 425 g/mol. The minimum absolute atomic E-state index is 0.0540. The van der Waals surface area contributed by atoms with E-state index in [0.29, 0.717) is 19.0 Å². The molecule has 2 aliphatic rings. The quantitative estimate of drug-likeness (QED) is 0.473. The van der Waals surface area contributed by atoms with E-state index in [1.165, 1.54) is 4.31 Å². The van der Waals surface area contributed by atoms with Crippen LogP contribution in [0.4, 0.5) is 5.82 Å². The van der Waals surface area contributed by atoms with E-state index < -0.39 is 10.0 Å². The summed E-state index contributed by atoms with van der Waals surface area (Å²) in [7, 11) is -1.53. The van der Waals surface area contributed by atoms with Gasteiger partial charge < -0.3 is 4.90 Å². The highest BCUT2D eigenvalue weighted by molar-refractivity contribution is 9.10. The maximum Gasteiger partial charge on any atom is 0.214 e. The zero-order chi connectivity index (χ0) is 18.2. The van der Waals surface area contributed by atoms with Crippen molar-refractivity contribution in [2.24, 2.45) is 5.41 Å². The van der Waals surface area contributed by atoms with Crippen LogP contribution in [-0.2, 0) is 10.0 Å². The van der Waals surface area contributed by atoms with Crippen LogP contribution < -0.4 is 4.90 Å². The molecule has 0 radical (unpaired) electrons. The van der Waals surface area contributed by atoms with Crippen molar-refractivity contribution in [1.29, 1.82) is 0 Å². The minimum Gasteiger partial charge on any atom is -0.352 e. The number of allylic oxidation sites excluding steroid dienone is 1. The lowest BCUT2D eigenvalue weighted by Crippen LogP contribution is -2.35. The molecule has 1 aliphatic heterocycles. The number of fused-ring (bicyclic) bond motifs is 1. The molecule has 25 heavy (non-hydrogen) atoms. The van der Waals surface area contributed by atoms with Crippen LogP contribution in [0.1, 0.15) is 24.8 Å². The van der Waals surface area contributed by atoms with E-state index in [0.717, 1.165) is 35.4 Å².